The summed E-state index contributed by atoms with van der Waals surface area (Å²) in [6.07, 6.45) is 0. The molecule has 0 aliphatic rings. The van der Waals surface area contributed by atoms with Crippen molar-refractivity contribution in [3.05, 3.63) is 188 Å². The Morgan fingerprint density at radius 1 is 0.389 bits per heavy atom. The number of aromatic nitrogens is 3. The summed E-state index contributed by atoms with van der Waals surface area (Å²) < 4.78 is 4.68. The van der Waals surface area contributed by atoms with E-state index in [1.54, 1.807) is 11.3 Å². The van der Waals surface area contributed by atoms with E-state index in [0.717, 1.165) is 43.9 Å². The number of hydrogen-bond donors (Lipinski definition) is 0. The lowest BCUT2D eigenvalue weighted by atomic mass is 9.99. The first-order valence-corrected chi connectivity index (χ1v) is 19.1. The smallest absolute Gasteiger partial charge is 0.160 e. The number of rotatable bonds is 5. The molecule has 0 radical (unpaired) electrons. The van der Waals surface area contributed by atoms with E-state index in [1.807, 2.05) is 18.2 Å². The Balaban J connectivity index is 1.04. The van der Waals surface area contributed by atoms with Gasteiger partial charge < -0.3 is 4.57 Å². The number of para-hydroxylation sites is 2. The third kappa shape index (κ3) is 5.03. The van der Waals surface area contributed by atoms with Gasteiger partial charge in [-0.15, -0.1) is 11.3 Å². The van der Waals surface area contributed by atoms with Crippen LogP contribution in [-0.4, -0.2) is 14.5 Å². The lowest BCUT2D eigenvalue weighted by molar-refractivity contribution is 1.19. The van der Waals surface area contributed by atoms with Crippen molar-refractivity contribution < 1.29 is 0 Å². The molecule has 0 fully saturated rings. The third-order valence-electron chi connectivity index (χ3n) is 10.6. The molecule has 3 heterocycles. The third-order valence-corrected chi connectivity index (χ3v) is 11.7. The van der Waals surface area contributed by atoms with Crippen molar-refractivity contribution >= 4 is 64.2 Å². The van der Waals surface area contributed by atoms with Crippen LogP contribution < -0.4 is 0 Å². The Morgan fingerprint density at radius 2 is 0.981 bits per heavy atom. The van der Waals surface area contributed by atoms with Crippen LogP contribution in [0.5, 0.6) is 0 Å². The summed E-state index contributed by atoms with van der Waals surface area (Å²) in [5, 5.41) is 6.11. The van der Waals surface area contributed by atoms with E-state index in [2.05, 4.69) is 174 Å². The topological polar surface area (TPSA) is 30.7 Å². The Bertz CT molecular complexity index is 3160. The van der Waals surface area contributed by atoms with Gasteiger partial charge in [0.15, 0.2) is 5.82 Å². The molecule has 0 atom stereocenters. The first-order valence-electron chi connectivity index (χ1n) is 18.2. The second kappa shape index (κ2) is 12.4. The SMILES string of the molecule is c1ccc(-c2cccc(-c3nc(-c4ccccc4)nc4c3sc3ccc(-c5ccc6cc(-n7c8ccccc8c8ccccc87)ccc6c5)cc34)c2)cc1. The van der Waals surface area contributed by atoms with Crippen LogP contribution >= 0.6 is 11.3 Å². The monoisotopic (exact) mass is 705 g/mol. The molecule has 0 unspecified atom stereocenters. The first-order chi connectivity index (χ1) is 26.7. The van der Waals surface area contributed by atoms with Crippen molar-refractivity contribution in [2.24, 2.45) is 0 Å². The number of benzene rings is 8. The highest BCUT2D eigenvalue weighted by Gasteiger charge is 2.18. The minimum absolute atomic E-state index is 0.734. The maximum atomic E-state index is 5.26. The molecule has 54 heavy (non-hydrogen) atoms. The summed E-state index contributed by atoms with van der Waals surface area (Å²) in [6, 6.07) is 67.3. The fourth-order valence-electron chi connectivity index (χ4n) is 7.96. The second-order valence-corrected chi connectivity index (χ2v) is 14.9. The summed E-state index contributed by atoms with van der Waals surface area (Å²) in [7, 11) is 0. The minimum atomic E-state index is 0.734. The van der Waals surface area contributed by atoms with Crippen LogP contribution in [0.15, 0.2) is 188 Å². The number of hydrogen-bond acceptors (Lipinski definition) is 3. The summed E-state index contributed by atoms with van der Waals surface area (Å²) in [5.41, 5.74) is 12.4. The van der Waals surface area contributed by atoms with Crippen molar-refractivity contribution in [3.63, 3.8) is 0 Å². The zero-order valence-electron chi connectivity index (χ0n) is 29.1. The fourth-order valence-corrected chi connectivity index (χ4v) is 9.10. The van der Waals surface area contributed by atoms with Gasteiger partial charge in [0.2, 0.25) is 0 Å². The van der Waals surface area contributed by atoms with Crippen LogP contribution in [0, 0.1) is 0 Å². The Hall–Kier alpha value is -6.88. The van der Waals surface area contributed by atoms with Crippen LogP contribution in [0.2, 0.25) is 0 Å². The largest absolute Gasteiger partial charge is 0.309 e. The van der Waals surface area contributed by atoms with Crippen molar-refractivity contribution in [2.45, 2.75) is 0 Å². The molecular formula is C50H31N3S. The van der Waals surface area contributed by atoms with E-state index in [0.29, 0.717) is 0 Å². The molecule has 0 bridgehead atoms. The molecule has 252 valence electrons. The van der Waals surface area contributed by atoms with E-state index in [4.69, 9.17) is 9.97 Å². The average molecular weight is 706 g/mol. The lowest BCUT2D eigenvalue weighted by Crippen LogP contribution is -1.94. The molecule has 11 rings (SSSR count). The summed E-state index contributed by atoms with van der Waals surface area (Å²) in [4.78, 5) is 10.5. The molecule has 11 aromatic rings. The molecule has 0 spiro atoms. The molecule has 0 N–H and O–H groups in total. The predicted molar refractivity (Wildman–Crippen MR) is 229 cm³/mol. The second-order valence-electron chi connectivity index (χ2n) is 13.8. The Kier molecular flexibility index (Phi) is 7.04. The number of nitrogens with zero attached hydrogens (tertiary/aromatic N) is 3. The van der Waals surface area contributed by atoms with Crippen molar-refractivity contribution in [1.29, 1.82) is 0 Å². The minimum Gasteiger partial charge on any atom is -0.309 e. The normalized spacial score (nSPS) is 11.7. The van der Waals surface area contributed by atoms with E-state index >= 15 is 0 Å². The van der Waals surface area contributed by atoms with Gasteiger partial charge in [0.1, 0.15) is 0 Å². The average Bonchev–Trinajstić information content (AvgIpc) is 3.79. The van der Waals surface area contributed by atoms with Gasteiger partial charge in [-0.05, 0) is 81.6 Å². The number of thiophene rings is 1. The molecule has 3 nitrogen and oxygen atoms in total. The zero-order valence-corrected chi connectivity index (χ0v) is 30.0. The van der Waals surface area contributed by atoms with Gasteiger partial charge in [0, 0.05) is 37.7 Å². The zero-order chi connectivity index (χ0) is 35.6. The van der Waals surface area contributed by atoms with Gasteiger partial charge >= 0.3 is 0 Å². The van der Waals surface area contributed by atoms with Gasteiger partial charge in [-0.3, -0.25) is 0 Å². The Morgan fingerprint density at radius 3 is 1.76 bits per heavy atom. The molecule has 3 aromatic heterocycles. The molecule has 8 aromatic carbocycles. The highest BCUT2D eigenvalue weighted by Crippen LogP contribution is 2.42. The van der Waals surface area contributed by atoms with Crippen molar-refractivity contribution in [1.82, 2.24) is 14.5 Å². The summed E-state index contributed by atoms with van der Waals surface area (Å²) in [5.74, 6) is 0.734. The van der Waals surface area contributed by atoms with E-state index in [-0.39, 0.29) is 0 Å². The molecule has 0 aliphatic heterocycles. The van der Waals surface area contributed by atoms with Crippen LogP contribution in [-0.2, 0) is 0 Å². The highest BCUT2D eigenvalue weighted by molar-refractivity contribution is 7.26. The maximum absolute atomic E-state index is 5.26. The highest BCUT2D eigenvalue weighted by atomic mass is 32.1. The van der Waals surface area contributed by atoms with Crippen LogP contribution in [0.4, 0.5) is 0 Å². The Labute approximate surface area is 316 Å². The van der Waals surface area contributed by atoms with E-state index in [1.165, 1.54) is 59.5 Å². The quantitative estimate of drug-likeness (QED) is 0.178. The maximum Gasteiger partial charge on any atom is 0.160 e. The summed E-state index contributed by atoms with van der Waals surface area (Å²) >= 11 is 1.77. The fraction of sp³-hybridized carbons (Fsp3) is 0. The van der Waals surface area contributed by atoms with E-state index in [9.17, 15) is 0 Å². The van der Waals surface area contributed by atoms with Crippen LogP contribution in [0.1, 0.15) is 0 Å². The van der Waals surface area contributed by atoms with Crippen molar-refractivity contribution in [2.75, 3.05) is 0 Å². The van der Waals surface area contributed by atoms with E-state index < -0.39 is 0 Å². The molecular weight excluding hydrogens is 675 g/mol. The molecule has 0 aliphatic carbocycles. The van der Waals surface area contributed by atoms with Crippen LogP contribution in [0.3, 0.4) is 0 Å². The molecule has 4 heteroatoms. The van der Waals surface area contributed by atoms with Gasteiger partial charge in [0.05, 0.1) is 26.9 Å². The van der Waals surface area contributed by atoms with Crippen molar-refractivity contribution in [3.8, 4) is 50.6 Å². The standard InChI is InChI=1S/C50H31N3S/c1-3-12-32(13-4-1)34-16-11-17-39(29-34)47-49-48(52-50(51-47)33-14-5-2-6-15-33)43-31-38(25-27-46(43)54-49)35-22-23-37-30-40(26-24-36(37)28-35)53-44-20-9-7-18-41(44)42-19-8-10-21-45(42)53/h1-31H. The van der Waals surface area contributed by atoms with Gasteiger partial charge in [-0.2, -0.15) is 0 Å². The molecule has 0 saturated carbocycles. The molecule has 0 saturated heterocycles. The number of fused-ring (bicyclic) bond motifs is 7. The predicted octanol–water partition coefficient (Wildman–Crippen LogP) is 13.8. The van der Waals surface area contributed by atoms with Gasteiger partial charge in [0.25, 0.3) is 0 Å². The van der Waals surface area contributed by atoms with Gasteiger partial charge in [-0.25, -0.2) is 9.97 Å². The first kappa shape index (κ1) is 30.7. The van der Waals surface area contributed by atoms with Gasteiger partial charge in [-0.1, -0.05) is 140 Å². The van der Waals surface area contributed by atoms with Crippen LogP contribution in [0.25, 0.3) is 103 Å². The lowest BCUT2D eigenvalue weighted by Gasteiger charge is -2.11. The molecule has 0 amide bonds. The summed E-state index contributed by atoms with van der Waals surface area (Å²) in [6.45, 7) is 0.